The van der Waals surface area contributed by atoms with Gasteiger partial charge in [0.15, 0.2) is 11.6 Å². The number of anilines is 1. The van der Waals surface area contributed by atoms with Gasteiger partial charge >= 0.3 is 6.18 Å². The van der Waals surface area contributed by atoms with E-state index < -0.39 is 64.0 Å². The third kappa shape index (κ3) is 2.07. The highest BCUT2D eigenvalue weighted by atomic mass is 19.4. The zero-order chi connectivity index (χ0) is 20.9. The first-order valence-corrected chi connectivity index (χ1v) is 9.03. The number of alkyl halides is 3. The van der Waals surface area contributed by atoms with Crippen molar-refractivity contribution >= 4 is 17.4 Å². The van der Waals surface area contributed by atoms with Gasteiger partial charge in [-0.05, 0) is 19.1 Å². The maximum atomic E-state index is 15.0. The number of nitriles is 1. The molecule has 0 unspecified atom stereocenters. The Labute approximate surface area is 162 Å². The number of ether oxygens (including phenoxy) is 2. The first kappa shape index (κ1) is 18.5. The summed E-state index contributed by atoms with van der Waals surface area (Å²) >= 11 is 0. The molecule has 5 rings (SSSR count). The molecule has 29 heavy (non-hydrogen) atoms. The van der Waals surface area contributed by atoms with E-state index in [9.17, 15) is 22.8 Å². The van der Waals surface area contributed by atoms with E-state index in [0.29, 0.717) is 6.42 Å². The smallest absolute Gasteiger partial charge is 0.359 e. The fourth-order valence-corrected chi connectivity index (χ4v) is 5.50. The lowest BCUT2D eigenvalue weighted by Crippen LogP contribution is -2.52. The number of nitrogens with zero attached hydrogens (tertiary/aromatic N) is 2. The molecule has 4 aliphatic rings. The second-order valence-electron chi connectivity index (χ2n) is 8.03. The number of rotatable bonds is 1. The van der Waals surface area contributed by atoms with E-state index in [1.807, 2.05) is 0 Å². The summed E-state index contributed by atoms with van der Waals surface area (Å²) in [5, 5.41) is 8.95. The highest BCUT2D eigenvalue weighted by Gasteiger charge is 2.78. The van der Waals surface area contributed by atoms with E-state index >= 15 is 4.39 Å². The molecule has 4 heterocycles. The molecule has 152 valence electrons. The Hall–Kier alpha value is -2.51. The van der Waals surface area contributed by atoms with Crippen LogP contribution in [-0.4, -0.2) is 35.7 Å². The van der Waals surface area contributed by atoms with Gasteiger partial charge in [-0.3, -0.25) is 14.5 Å². The van der Waals surface area contributed by atoms with Crippen molar-refractivity contribution in [1.29, 1.82) is 5.26 Å². The van der Waals surface area contributed by atoms with Gasteiger partial charge in [-0.2, -0.15) is 18.4 Å². The highest BCUT2D eigenvalue weighted by Crippen LogP contribution is 2.64. The van der Waals surface area contributed by atoms with E-state index in [-0.39, 0.29) is 18.8 Å². The van der Waals surface area contributed by atoms with E-state index in [1.165, 1.54) is 13.0 Å². The van der Waals surface area contributed by atoms with E-state index in [0.717, 1.165) is 17.0 Å². The van der Waals surface area contributed by atoms with Crippen LogP contribution in [0.3, 0.4) is 0 Å². The number of benzene rings is 1. The molecule has 4 aliphatic heterocycles. The number of carbonyl (C=O) groups is 2. The zero-order valence-electron chi connectivity index (χ0n) is 15.0. The molecule has 1 aromatic carbocycles. The van der Waals surface area contributed by atoms with Crippen molar-refractivity contribution in [3.8, 4) is 6.07 Å². The molecule has 5 atom stereocenters. The van der Waals surface area contributed by atoms with Crippen molar-refractivity contribution in [2.24, 2.45) is 11.8 Å². The average Bonchev–Trinajstić information content (AvgIpc) is 3.18. The second kappa shape index (κ2) is 5.34. The Bertz CT molecular complexity index is 1020. The Balaban J connectivity index is 1.68. The summed E-state index contributed by atoms with van der Waals surface area (Å²) in [5.41, 5.74) is -5.56. The molecular weight excluding hydrogens is 396 g/mol. The van der Waals surface area contributed by atoms with Crippen LogP contribution in [0, 0.1) is 29.0 Å². The number of carbonyl (C=O) groups excluding carboxylic acids is 2. The van der Waals surface area contributed by atoms with Gasteiger partial charge in [-0.1, -0.05) is 0 Å². The molecule has 4 fully saturated rings. The van der Waals surface area contributed by atoms with Crippen LogP contribution < -0.4 is 4.90 Å². The number of hydrogen-bond acceptors (Lipinski definition) is 5. The summed E-state index contributed by atoms with van der Waals surface area (Å²) in [7, 11) is 0. The largest absolute Gasteiger partial charge is 0.420 e. The zero-order valence-corrected chi connectivity index (χ0v) is 15.0. The first-order valence-electron chi connectivity index (χ1n) is 9.03. The molecule has 1 aromatic rings. The molecule has 1 spiro atoms. The molecule has 0 radical (unpaired) electrons. The number of hydrogen-bond donors (Lipinski definition) is 0. The predicted molar refractivity (Wildman–Crippen MR) is 86.8 cm³/mol. The Morgan fingerprint density at radius 2 is 2.03 bits per heavy atom. The lowest BCUT2D eigenvalue weighted by molar-refractivity contribution is -0.145. The van der Waals surface area contributed by atoms with Gasteiger partial charge in [-0.25, -0.2) is 4.39 Å². The molecule has 0 N–H and O–H groups in total. The Morgan fingerprint density at radius 3 is 2.69 bits per heavy atom. The van der Waals surface area contributed by atoms with E-state index in [1.54, 1.807) is 0 Å². The fraction of sp³-hybridized carbons (Fsp3) is 0.526. The van der Waals surface area contributed by atoms with Crippen LogP contribution in [0.25, 0.3) is 0 Å². The molecule has 0 aliphatic carbocycles. The van der Waals surface area contributed by atoms with Crippen LogP contribution in [0.1, 0.15) is 30.9 Å². The predicted octanol–water partition coefficient (Wildman–Crippen LogP) is 2.54. The van der Waals surface area contributed by atoms with Crippen molar-refractivity contribution in [3.05, 3.63) is 29.1 Å². The lowest BCUT2D eigenvalue weighted by atomic mass is 9.65. The van der Waals surface area contributed by atoms with Crippen molar-refractivity contribution in [2.75, 3.05) is 11.5 Å². The van der Waals surface area contributed by atoms with Crippen molar-refractivity contribution < 1.29 is 36.6 Å². The minimum absolute atomic E-state index is 0.0926. The summed E-state index contributed by atoms with van der Waals surface area (Å²) in [5.74, 6) is -4.21. The van der Waals surface area contributed by atoms with Crippen LogP contribution in [0.5, 0.6) is 0 Å². The second-order valence-corrected chi connectivity index (χ2v) is 8.03. The minimum Gasteiger partial charge on any atom is -0.359 e. The summed E-state index contributed by atoms with van der Waals surface area (Å²) < 4.78 is 66.9. The fourth-order valence-electron chi connectivity index (χ4n) is 5.50. The Kier molecular flexibility index (Phi) is 3.41. The van der Waals surface area contributed by atoms with Gasteiger partial charge in [0.25, 0.3) is 0 Å². The molecule has 4 saturated heterocycles. The van der Waals surface area contributed by atoms with Crippen LogP contribution in [0.2, 0.25) is 0 Å². The van der Waals surface area contributed by atoms with Gasteiger partial charge in [0.1, 0.15) is 17.4 Å². The molecular formula is C19H14F4N2O4. The van der Waals surface area contributed by atoms with Gasteiger partial charge in [0.2, 0.25) is 5.91 Å². The van der Waals surface area contributed by atoms with Crippen molar-refractivity contribution in [3.63, 3.8) is 0 Å². The summed E-state index contributed by atoms with van der Waals surface area (Å²) in [6.45, 7) is 1.62. The van der Waals surface area contributed by atoms with Crippen LogP contribution in [-0.2, 0) is 25.2 Å². The standard InChI is InChI=1S/C19H14F4N2O4/c1-17-10(26)6-18(29-17)4-5-28-16-13(18)12(17)15(27)25(16)9-3-2-8(7-24)11(14(9)20)19(21,22)23/h2-3,12-13,16H,4-6H2,1H3/t12-,13+,16+,17-,18+/m1/s1. The van der Waals surface area contributed by atoms with Crippen molar-refractivity contribution in [1.82, 2.24) is 0 Å². The quantitative estimate of drug-likeness (QED) is 0.665. The van der Waals surface area contributed by atoms with Crippen LogP contribution in [0.4, 0.5) is 23.2 Å². The molecule has 1 amide bonds. The lowest BCUT2D eigenvalue weighted by Gasteiger charge is -2.41. The van der Waals surface area contributed by atoms with Gasteiger partial charge in [-0.15, -0.1) is 0 Å². The third-order valence-electron chi connectivity index (χ3n) is 6.65. The summed E-state index contributed by atoms with van der Waals surface area (Å²) in [6.07, 6.45) is -5.70. The Morgan fingerprint density at radius 1 is 1.31 bits per heavy atom. The highest BCUT2D eigenvalue weighted by molar-refractivity contribution is 6.06. The summed E-state index contributed by atoms with van der Waals surface area (Å²) in [4.78, 5) is 26.6. The SMILES string of the molecule is C[C@]12O[C@@]3(CCO[C@H]4[C@@H]3[C@@H]1C(=O)N4c1ccc(C#N)c(C(F)(F)F)c1F)CC2=O. The third-order valence-corrected chi connectivity index (χ3v) is 6.65. The monoisotopic (exact) mass is 410 g/mol. The molecule has 0 aromatic heterocycles. The molecule has 10 heteroatoms. The maximum Gasteiger partial charge on any atom is 0.420 e. The number of ketones is 1. The molecule has 2 bridgehead atoms. The number of halogens is 4. The van der Waals surface area contributed by atoms with Gasteiger partial charge in [0, 0.05) is 18.8 Å². The van der Waals surface area contributed by atoms with Gasteiger partial charge < -0.3 is 9.47 Å². The molecule has 6 nitrogen and oxygen atoms in total. The number of Topliss-reactive ketones (excluding diaryl/α,β-unsaturated/α-hetero) is 1. The number of fused-ring (bicyclic) bond motifs is 2. The number of amides is 1. The topological polar surface area (TPSA) is 79.6 Å². The summed E-state index contributed by atoms with van der Waals surface area (Å²) in [6, 6.07) is 3.14. The van der Waals surface area contributed by atoms with E-state index in [4.69, 9.17) is 14.7 Å². The van der Waals surface area contributed by atoms with Gasteiger partial charge in [0.05, 0.1) is 35.4 Å². The van der Waals surface area contributed by atoms with E-state index in [2.05, 4.69) is 0 Å². The normalized spacial score (nSPS) is 37.8. The minimum atomic E-state index is -5.12. The van der Waals surface area contributed by atoms with Crippen LogP contribution in [0.15, 0.2) is 12.1 Å². The molecule has 0 saturated carbocycles. The maximum absolute atomic E-state index is 15.0. The average molecular weight is 410 g/mol. The van der Waals surface area contributed by atoms with Crippen molar-refractivity contribution in [2.45, 2.75) is 43.4 Å². The first-order chi connectivity index (χ1) is 13.5. The van der Waals surface area contributed by atoms with Crippen LogP contribution >= 0.6 is 0 Å².